The number of carbonyl (C=O) groups is 1. The van der Waals surface area contributed by atoms with Gasteiger partial charge in [0.25, 0.3) is 0 Å². The number of hydrogen-bond acceptors (Lipinski definition) is 3. The van der Waals surface area contributed by atoms with E-state index in [1.54, 1.807) is 0 Å². The summed E-state index contributed by atoms with van der Waals surface area (Å²) in [5, 5.41) is 11.3. The second-order valence-corrected chi connectivity index (χ2v) is 6.32. The standard InChI is InChI=1S/C16H23ClN2O2/c1-2-12-5-3-6-14(17)13(12)10-19-8-4-7-16(21,11-19)9-15(18)20/h3,5-6,21H,2,4,7-11H2,1H3,(H2,18,20). The Morgan fingerprint density at radius 2 is 2.29 bits per heavy atom. The average Bonchev–Trinajstić information content (AvgIpc) is 2.39. The van der Waals surface area contributed by atoms with Crippen LogP contribution >= 0.6 is 11.6 Å². The Hall–Kier alpha value is -1.10. The molecule has 1 aliphatic rings. The molecule has 0 bridgehead atoms. The molecule has 3 N–H and O–H groups in total. The van der Waals surface area contributed by atoms with Crippen LogP contribution in [-0.4, -0.2) is 34.6 Å². The lowest BCUT2D eigenvalue weighted by atomic mass is 9.89. The molecule has 5 heteroatoms. The molecule has 1 fully saturated rings. The molecule has 4 nitrogen and oxygen atoms in total. The number of benzene rings is 1. The third-order valence-electron chi connectivity index (χ3n) is 4.12. The number of likely N-dealkylation sites (tertiary alicyclic amines) is 1. The summed E-state index contributed by atoms with van der Waals surface area (Å²) >= 11 is 6.32. The fourth-order valence-electron chi connectivity index (χ4n) is 3.14. The molecule has 2 rings (SSSR count). The lowest BCUT2D eigenvalue weighted by Crippen LogP contribution is -2.49. The van der Waals surface area contributed by atoms with E-state index in [9.17, 15) is 9.90 Å². The quantitative estimate of drug-likeness (QED) is 0.875. The highest BCUT2D eigenvalue weighted by Crippen LogP contribution is 2.28. The van der Waals surface area contributed by atoms with Crippen LogP contribution in [0.15, 0.2) is 18.2 Å². The number of amides is 1. The number of aryl methyl sites for hydroxylation is 1. The molecule has 0 aromatic heterocycles. The summed E-state index contributed by atoms with van der Waals surface area (Å²) < 4.78 is 0. The van der Waals surface area contributed by atoms with Gasteiger partial charge in [-0.25, -0.2) is 0 Å². The van der Waals surface area contributed by atoms with E-state index in [-0.39, 0.29) is 6.42 Å². The number of β-amino-alcohol motifs (C(OH)–C–C–N with tert-alkyl or cyclic N) is 1. The van der Waals surface area contributed by atoms with Crippen LogP contribution in [0.2, 0.25) is 5.02 Å². The normalized spacial score (nSPS) is 23.2. The molecule has 0 saturated carbocycles. The van der Waals surface area contributed by atoms with Crippen LogP contribution < -0.4 is 5.73 Å². The van der Waals surface area contributed by atoms with Gasteiger partial charge >= 0.3 is 0 Å². The van der Waals surface area contributed by atoms with E-state index in [0.29, 0.717) is 19.5 Å². The molecule has 1 aliphatic heterocycles. The summed E-state index contributed by atoms with van der Waals surface area (Å²) in [4.78, 5) is 13.3. The second kappa shape index (κ2) is 6.77. The largest absolute Gasteiger partial charge is 0.388 e. The van der Waals surface area contributed by atoms with Crippen LogP contribution in [0.25, 0.3) is 0 Å². The van der Waals surface area contributed by atoms with Gasteiger partial charge in [-0.1, -0.05) is 30.7 Å². The Morgan fingerprint density at radius 1 is 1.52 bits per heavy atom. The number of nitrogens with zero attached hydrogens (tertiary/aromatic N) is 1. The van der Waals surface area contributed by atoms with Gasteiger partial charge in [-0.05, 0) is 43.0 Å². The molecular formula is C16H23ClN2O2. The Kier molecular flexibility index (Phi) is 5.25. The SMILES string of the molecule is CCc1cccc(Cl)c1CN1CCCC(O)(CC(N)=O)C1. The zero-order chi connectivity index (χ0) is 15.5. The van der Waals surface area contributed by atoms with Crippen LogP contribution in [-0.2, 0) is 17.8 Å². The number of primary amides is 1. The first-order valence-corrected chi connectivity index (χ1v) is 7.80. The summed E-state index contributed by atoms with van der Waals surface area (Å²) in [5.41, 5.74) is 6.58. The Morgan fingerprint density at radius 3 is 2.95 bits per heavy atom. The monoisotopic (exact) mass is 310 g/mol. The van der Waals surface area contributed by atoms with Crippen molar-refractivity contribution in [1.29, 1.82) is 0 Å². The number of carbonyl (C=O) groups excluding carboxylic acids is 1. The predicted octanol–water partition coefficient (Wildman–Crippen LogP) is 2.10. The lowest BCUT2D eigenvalue weighted by molar-refractivity contribution is -0.125. The van der Waals surface area contributed by atoms with E-state index in [1.165, 1.54) is 5.56 Å². The number of piperidine rings is 1. The van der Waals surface area contributed by atoms with Crippen molar-refractivity contribution in [3.05, 3.63) is 34.3 Å². The zero-order valence-electron chi connectivity index (χ0n) is 12.4. The van der Waals surface area contributed by atoms with Crippen LogP contribution in [0.5, 0.6) is 0 Å². The first-order chi connectivity index (χ1) is 9.93. The van der Waals surface area contributed by atoms with Crippen molar-refractivity contribution in [2.24, 2.45) is 5.73 Å². The van der Waals surface area contributed by atoms with E-state index in [0.717, 1.165) is 30.0 Å². The Labute approximate surface area is 130 Å². The maximum absolute atomic E-state index is 11.1. The highest BCUT2D eigenvalue weighted by atomic mass is 35.5. The Balaban J connectivity index is 2.11. The summed E-state index contributed by atoms with van der Waals surface area (Å²) in [6, 6.07) is 5.95. The topological polar surface area (TPSA) is 66.6 Å². The molecule has 1 aromatic carbocycles. The van der Waals surface area contributed by atoms with Crippen LogP contribution in [0, 0.1) is 0 Å². The third kappa shape index (κ3) is 4.19. The van der Waals surface area contributed by atoms with Gasteiger partial charge in [0.1, 0.15) is 0 Å². The van der Waals surface area contributed by atoms with Gasteiger partial charge in [0.15, 0.2) is 0 Å². The highest BCUT2D eigenvalue weighted by molar-refractivity contribution is 6.31. The summed E-state index contributed by atoms with van der Waals surface area (Å²) in [6.07, 6.45) is 2.42. The van der Waals surface area contributed by atoms with E-state index in [4.69, 9.17) is 17.3 Å². The lowest BCUT2D eigenvalue weighted by Gasteiger charge is -2.39. The first kappa shape index (κ1) is 16.3. The summed E-state index contributed by atoms with van der Waals surface area (Å²) in [6.45, 7) is 4.17. The zero-order valence-corrected chi connectivity index (χ0v) is 13.2. The van der Waals surface area contributed by atoms with Crippen molar-refractivity contribution in [1.82, 2.24) is 4.90 Å². The fraction of sp³-hybridized carbons (Fsp3) is 0.562. The van der Waals surface area contributed by atoms with Crippen molar-refractivity contribution in [2.75, 3.05) is 13.1 Å². The third-order valence-corrected chi connectivity index (χ3v) is 4.47. The average molecular weight is 311 g/mol. The number of hydrogen-bond donors (Lipinski definition) is 2. The van der Waals surface area contributed by atoms with Gasteiger partial charge in [0, 0.05) is 18.1 Å². The van der Waals surface area contributed by atoms with Crippen LogP contribution in [0.4, 0.5) is 0 Å². The number of aliphatic hydroxyl groups is 1. The molecule has 0 spiro atoms. The van der Waals surface area contributed by atoms with Gasteiger partial charge in [-0.3, -0.25) is 9.69 Å². The summed E-state index contributed by atoms with van der Waals surface area (Å²) in [5.74, 6) is -0.452. The van der Waals surface area contributed by atoms with Crippen LogP contribution in [0.1, 0.15) is 37.3 Å². The highest BCUT2D eigenvalue weighted by Gasteiger charge is 2.34. The minimum absolute atomic E-state index is 0.0205. The fourth-order valence-corrected chi connectivity index (χ4v) is 3.40. The molecule has 1 amide bonds. The minimum Gasteiger partial charge on any atom is -0.388 e. The van der Waals surface area contributed by atoms with Crippen molar-refractivity contribution in [3.63, 3.8) is 0 Å². The molecule has 1 saturated heterocycles. The molecular weight excluding hydrogens is 288 g/mol. The molecule has 1 atom stereocenters. The maximum Gasteiger partial charge on any atom is 0.220 e. The van der Waals surface area contributed by atoms with Gasteiger partial charge in [0.05, 0.1) is 12.0 Å². The van der Waals surface area contributed by atoms with Gasteiger partial charge in [-0.15, -0.1) is 0 Å². The van der Waals surface area contributed by atoms with Gasteiger partial charge < -0.3 is 10.8 Å². The minimum atomic E-state index is -1.00. The number of halogens is 1. The maximum atomic E-state index is 11.1. The molecule has 0 radical (unpaired) electrons. The smallest absolute Gasteiger partial charge is 0.220 e. The first-order valence-electron chi connectivity index (χ1n) is 7.43. The Bertz CT molecular complexity index is 521. The van der Waals surface area contributed by atoms with E-state index < -0.39 is 11.5 Å². The van der Waals surface area contributed by atoms with E-state index in [2.05, 4.69) is 17.9 Å². The molecule has 21 heavy (non-hydrogen) atoms. The number of rotatable bonds is 5. The van der Waals surface area contributed by atoms with E-state index in [1.807, 2.05) is 12.1 Å². The molecule has 116 valence electrons. The summed E-state index contributed by atoms with van der Waals surface area (Å²) in [7, 11) is 0. The number of nitrogens with two attached hydrogens (primary N) is 1. The molecule has 0 aliphatic carbocycles. The molecule has 1 unspecified atom stereocenters. The molecule has 1 heterocycles. The van der Waals surface area contributed by atoms with E-state index >= 15 is 0 Å². The van der Waals surface area contributed by atoms with Crippen molar-refractivity contribution >= 4 is 17.5 Å². The van der Waals surface area contributed by atoms with Gasteiger partial charge in [0.2, 0.25) is 5.91 Å². The second-order valence-electron chi connectivity index (χ2n) is 5.91. The van der Waals surface area contributed by atoms with Crippen molar-refractivity contribution in [2.45, 2.75) is 44.8 Å². The molecule has 1 aromatic rings. The predicted molar refractivity (Wildman–Crippen MR) is 84.1 cm³/mol. The van der Waals surface area contributed by atoms with Crippen LogP contribution in [0.3, 0.4) is 0 Å². The van der Waals surface area contributed by atoms with Crippen molar-refractivity contribution in [3.8, 4) is 0 Å². The van der Waals surface area contributed by atoms with Crippen molar-refractivity contribution < 1.29 is 9.90 Å². The van der Waals surface area contributed by atoms with Gasteiger partial charge in [-0.2, -0.15) is 0 Å².